The van der Waals surface area contributed by atoms with Crippen LogP contribution in [0.3, 0.4) is 0 Å². The van der Waals surface area contributed by atoms with Crippen molar-refractivity contribution in [1.82, 2.24) is 10.2 Å². The highest BCUT2D eigenvalue weighted by atomic mass is 32.2. The van der Waals surface area contributed by atoms with Crippen molar-refractivity contribution in [2.45, 2.75) is 5.03 Å². The van der Waals surface area contributed by atoms with Gasteiger partial charge in [-0.25, -0.2) is 0 Å². The van der Waals surface area contributed by atoms with Gasteiger partial charge >= 0.3 is 0 Å². The molecule has 0 bridgehead atoms. The monoisotopic (exact) mass is 401 g/mol. The van der Waals surface area contributed by atoms with Crippen LogP contribution < -0.4 is 10.1 Å². The highest BCUT2D eigenvalue weighted by molar-refractivity contribution is 7.99. The second kappa shape index (κ2) is 8.75. The maximum absolute atomic E-state index is 12.1. The Bertz CT molecular complexity index is 1130. The van der Waals surface area contributed by atoms with Crippen molar-refractivity contribution < 1.29 is 9.53 Å². The number of nitrogens with one attached hydrogen (secondary N) is 1. The molecule has 0 spiro atoms. The van der Waals surface area contributed by atoms with Crippen LogP contribution >= 0.6 is 11.8 Å². The number of fused-ring (bicyclic) bond motifs is 1. The Labute approximate surface area is 173 Å². The van der Waals surface area contributed by atoms with Crippen LogP contribution in [0.4, 0.5) is 5.69 Å². The third-order valence-corrected chi connectivity index (χ3v) is 5.33. The molecule has 6 heteroatoms. The van der Waals surface area contributed by atoms with Crippen LogP contribution in [0, 0.1) is 0 Å². The number of ether oxygens (including phenoxy) is 1. The second-order valence-corrected chi connectivity index (χ2v) is 7.38. The number of rotatable bonds is 6. The highest BCUT2D eigenvalue weighted by Crippen LogP contribution is 2.24. The minimum Gasteiger partial charge on any atom is -0.497 e. The van der Waals surface area contributed by atoms with Gasteiger partial charge in [0, 0.05) is 11.3 Å². The van der Waals surface area contributed by atoms with Crippen molar-refractivity contribution in [2.24, 2.45) is 0 Å². The van der Waals surface area contributed by atoms with Crippen LogP contribution in [0.15, 0.2) is 83.9 Å². The molecule has 1 N–H and O–H groups in total. The molecule has 0 radical (unpaired) electrons. The van der Waals surface area contributed by atoms with E-state index in [0.29, 0.717) is 5.03 Å². The fourth-order valence-corrected chi connectivity index (χ4v) is 3.52. The van der Waals surface area contributed by atoms with Gasteiger partial charge in [0.15, 0.2) is 0 Å². The zero-order valence-corrected chi connectivity index (χ0v) is 16.6. The number of carbonyl (C=O) groups excluding carboxylic acids is 1. The first kappa shape index (κ1) is 19.0. The molecule has 0 fully saturated rings. The lowest BCUT2D eigenvalue weighted by molar-refractivity contribution is -0.113. The van der Waals surface area contributed by atoms with E-state index in [0.717, 1.165) is 22.7 Å². The Morgan fingerprint density at radius 2 is 1.72 bits per heavy atom. The van der Waals surface area contributed by atoms with Gasteiger partial charge in [-0.3, -0.25) is 4.79 Å². The summed E-state index contributed by atoms with van der Waals surface area (Å²) < 4.78 is 5.11. The number of carbonyl (C=O) groups is 1. The largest absolute Gasteiger partial charge is 0.497 e. The Balaban J connectivity index is 1.36. The molecule has 0 saturated carbocycles. The lowest BCUT2D eigenvalue weighted by Crippen LogP contribution is -2.14. The molecular weight excluding hydrogens is 382 g/mol. The van der Waals surface area contributed by atoms with Gasteiger partial charge in [0.2, 0.25) is 5.91 Å². The van der Waals surface area contributed by atoms with Crippen molar-refractivity contribution in [3.8, 4) is 17.0 Å². The van der Waals surface area contributed by atoms with Crippen LogP contribution in [-0.4, -0.2) is 29.0 Å². The number of aromatic nitrogens is 2. The molecule has 1 heterocycles. The number of hydrogen-bond acceptors (Lipinski definition) is 5. The van der Waals surface area contributed by atoms with Crippen LogP contribution in [0.5, 0.6) is 5.75 Å². The zero-order chi connectivity index (χ0) is 20.1. The fraction of sp³-hybridized carbons (Fsp3) is 0.0870. The number of hydrogen-bond donors (Lipinski definition) is 1. The molecule has 0 atom stereocenters. The molecule has 4 rings (SSSR count). The lowest BCUT2D eigenvalue weighted by atomic mass is 10.1. The molecular formula is C23H19N3O2S. The third-order valence-electron chi connectivity index (χ3n) is 4.41. The topological polar surface area (TPSA) is 64.1 Å². The first-order chi connectivity index (χ1) is 14.2. The van der Waals surface area contributed by atoms with Crippen molar-refractivity contribution in [2.75, 3.05) is 18.2 Å². The molecule has 144 valence electrons. The smallest absolute Gasteiger partial charge is 0.234 e. The van der Waals surface area contributed by atoms with Gasteiger partial charge in [-0.15, -0.1) is 10.2 Å². The SMILES string of the molecule is COc1ccc(NC(=O)CSc2ccc(-c3ccc4ccccc4c3)nn2)cc1. The number of amides is 1. The average molecular weight is 401 g/mol. The molecule has 0 aliphatic rings. The maximum Gasteiger partial charge on any atom is 0.234 e. The minimum absolute atomic E-state index is 0.0967. The molecule has 1 amide bonds. The van der Waals surface area contributed by atoms with E-state index in [-0.39, 0.29) is 11.7 Å². The number of benzene rings is 3. The van der Waals surface area contributed by atoms with E-state index in [4.69, 9.17) is 4.74 Å². The molecule has 0 aliphatic carbocycles. The molecule has 0 saturated heterocycles. The minimum atomic E-state index is -0.0967. The van der Waals surface area contributed by atoms with Crippen LogP contribution in [0.1, 0.15) is 0 Å². The van der Waals surface area contributed by atoms with Gasteiger partial charge in [-0.1, -0.05) is 48.2 Å². The summed E-state index contributed by atoms with van der Waals surface area (Å²) in [6, 6.07) is 25.5. The van der Waals surface area contributed by atoms with Crippen LogP contribution in [0.25, 0.3) is 22.0 Å². The average Bonchev–Trinajstić information content (AvgIpc) is 2.78. The van der Waals surface area contributed by atoms with Gasteiger partial charge in [0.1, 0.15) is 10.8 Å². The van der Waals surface area contributed by atoms with Gasteiger partial charge in [0.25, 0.3) is 0 Å². The number of anilines is 1. The summed E-state index contributed by atoms with van der Waals surface area (Å²) >= 11 is 1.35. The quantitative estimate of drug-likeness (QED) is 0.459. The predicted molar refractivity (Wildman–Crippen MR) is 117 cm³/mol. The Hall–Kier alpha value is -3.38. The van der Waals surface area contributed by atoms with Gasteiger partial charge in [0.05, 0.1) is 18.6 Å². The van der Waals surface area contributed by atoms with Crippen LogP contribution in [0.2, 0.25) is 0 Å². The lowest BCUT2D eigenvalue weighted by Gasteiger charge is -2.06. The third kappa shape index (κ3) is 4.73. The van der Waals surface area contributed by atoms with E-state index in [1.165, 1.54) is 22.5 Å². The molecule has 3 aromatic carbocycles. The van der Waals surface area contributed by atoms with E-state index in [9.17, 15) is 4.79 Å². The van der Waals surface area contributed by atoms with Crippen molar-refractivity contribution in [3.05, 3.63) is 78.9 Å². The molecule has 29 heavy (non-hydrogen) atoms. The highest BCUT2D eigenvalue weighted by Gasteiger charge is 2.07. The van der Waals surface area contributed by atoms with Gasteiger partial charge in [-0.05, 0) is 53.2 Å². The standard InChI is InChI=1S/C23H19N3O2S/c1-28-20-10-8-19(9-11-20)24-22(27)15-29-23-13-12-21(25-26-23)18-7-6-16-4-2-3-5-17(16)14-18/h2-14H,15H2,1H3,(H,24,27). The summed E-state index contributed by atoms with van der Waals surface area (Å²) in [5, 5.41) is 14.5. The van der Waals surface area contributed by atoms with Crippen molar-refractivity contribution in [1.29, 1.82) is 0 Å². The van der Waals surface area contributed by atoms with E-state index in [2.05, 4.69) is 39.8 Å². The predicted octanol–water partition coefficient (Wildman–Crippen LogP) is 5.04. The number of methoxy groups -OCH3 is 1. The number of nitrogens with zero attached hydrogens (tertiary/aromatic N) is 2. The normalized spacial score (nSPS) is 10.7. The summed E-state index contributed by atoms with van der Waals surface area (Å²) in [6.07, 6.45) is 0. The van der Waals surface area contributed by atoms with Crippen LogP contribution in [-0.2, 0) is 4.79 Å². The molecule has 1 aromatic heterocycles. The Morgan fingerprint density at radius 1 is 0.931 bits per heavy atom. The summed E-state index contributed by atoms with van der Waals surface area (Å²) in [5.41, 5.74) is 2.56. The zero-order valence-electron chi connectivity index (χ0n) is 15.8. The molecule has 0 unspecified atom stereocenters. The van der Waals surface area contributed by atoms with E-state index in [1.807, 2.05) is 30.3 Å². The fourth-order valence-electron chi connectivity index (χ4n) is 2.91. The molecule has 5 nitrogen and oxygen atoms in total. The summed E-state index contributed by atoms with van der Waals surface area (Å²) in [7, 11) is 1.61. The summed E-state index contributed by atoms with van der Waals surface area (Å²) in [5.74, 6) is 0.912. The van der Waals surface area contributed by atoms with Crippen molar-refractivity contribution >= 4 is 34.1 Å². The molecule has 0 aliphatic heterocycles. The van der Waals surface area contributed by atoms with E-state index in [1.54, 1.807) is 31.4 Å². The molecule has 4 aromatic rings. The Kier molecular flexibility index (Phi) is 5.72. The number of thioether (sulfide) groups is 1. The second-order valence-electron chi connectivity index (χ2n) is 6.38. The van der Waals surface area contributed by atoms with Crippen molar-refractivity contribution in [3.63, 3.8) is 0 Å². The Morgan fingerprint density at radius 3 is 2.45 bits per heavy atom. The van der Waals surface area contributed by atoms with Gasteiger partial charge < -0.3 is 10.1 Å². The first-order valence-electron chi connectivity index (χ1n) is 9.11. The van der Waals surface area contributed by atoms with E-state index < -0.39 is 0 Å². The first-order valence-corrected chi connectivity index (χ1v) is 10.1. The summed E-state index contributed by atoms with van der Waals surface area (Å²) in [4.78, 5) is 12.1. The maximum atomic E-state index is 12.1. The van der Waals surface area contributed by atoms with Gasteiger partial charge in [-0.2, -0.15) is 0 Å². The summed E-state index contributed by atoms with van der Waals surface area (Å²) in [6.45, 7) is 0. The van der Waals surface area contributed by atoms with E-state index >= 15 is 0 Å².